The smallest absolute Gasteiger partial charge is 0.337 e. The third kappa shape index (κ3) is 3.43. The zero-order valence-electron chi connectivity index (χ0n) is 11.4. The van der Waals surface area contributed by atoms with Gasteiger partial charge in [0.25, 0.3) is 0 Å². The molecule has 6 nitrogen and oxygen atoms in total. The molecule has 0 aliphatic carbocycles. The van der Waals surface area contributed by atoms with E-state index >= 15 is 0 Å². The Kier molecular flexibility index (Phi) is 4.77. The predicted octanol–water partition coefficient (Wildman–Crippen LogP) is 3.75. The maximum Gasteiger partial charge on any atom is 0.337 e. The van der Waals surface area contributed by atoms with E-state index in [4.69, 9.17) is 10.2 Å². The van der Waals surface area contributed by atoms with Crippen molar-refractivity contribution in [1.29, 1.82) is 0 Å². The van der Waals surface area contributed by atoms with Crippen LogP contribution in [0.1, 0.15) is 20.7 Å². The van der Waals surface area contributed by atoms with Crippen LogP contribution in [0.15, 0.2) is 76.8 Å². The summed E-state index contributed by atoms with van der Waals surface area (Å²) in [6, 6.07) is 14.2. The summed E-state index contributed by atoms with van der Waals surface area (Å²) in [6.07, 6.45) is 0.544. The number of aromatic carboxylic acids is 1. The number of hydrogen-bond donors (Lipinski definition) is 2. The number of ketones is 1. The molecule has 0 aromatic heterocycles. The first-order valence-electron chi connectivity index (χ1n) is 6.31. The number of aliphatic hydroxyl groups is 1. The molecule has 0 saturated heterocycles. The maximum absolute atomic E-state index is 12.1. The number of carbonyl (C=O) groups excluding carboxylic acids is 1. The highest BCUT2D eigenvalue weighted by molar-refractivity contribution is 6.08. The van der Waals surface area contributed by atoms with Crippen molar-refractivity contribution < 1.29 is 19.8 Å². The second-order valence-electron chi connectivity index (χ2n) is 4.23. The molecule has 0 spiro atoms. The molecule has 2 aromatic rings. The van der Waals surface area contributed by atoms with Crippen LogP contribution in [0.5, 0.6) is 0 Å². The highest BCUT2D eigenvalue weighted by atomic mass is 16.4. The van der Waals surface area contributed by atoms with E-state index in [9.17, 15) is 9.59 Å². The van der Waals surface area contributed by atoms with Crippen LogP contribution in [-0.2, 0) is 0 Å². The average Bonchev–Trinajstić information content (AvgIpc) is 2.56. The van der Waals surface area contributed by atoms with Gasteiger partial charge in [0.15, 0.2) is 5.70 Å². The Bertz CT molecular complexity index is 752. The van der Waals surface area contributed by atoms with Crippen LogP contribution in [0.25, 0.3) is 0 Å². The molecule has 6 heteroatoms. The molecule has 2 N–H and O–H groups in total. The lowest BCUT2D eigenvalue weighted by molar-refractivity contribution is 0.0697. The van der Waals surface area contributed by atoms with Gasteiger partial charge in [0.05, 0.1) is 5.56 Å². The first kappa shape index (κ1) is 15.1. The number of benzene rings is 2. The van der Waals surface area contributed by atoms with Gasteiger partial charge in [-0.25, -0.2) is 4.79 Å². The molecule has 0 heterocycles. The van der Waals surface area contributed by atoms with E-state index in [1.54, 1.807) is 42.5 Å². The van der Waals surface area contributed by atoms with Crippen LogP contribution in [0.3, 0.4) is 0 Å². The minimum atomic E-state index is -1.15. The van der Waals surface area contributed by atoms with Crippen molar-refractivity contribution in [2.75, 3.05) is 0 Å². The van der Waals surface area contributed by atoms with E-state index in [1.165, 1.54) is 12.1 Å². The number of allylic oxidation sites excluding steroid dienone is 1. The first-order valence-corrected chi connectivity index (χ1v) is 6.31. The van der Waals surface area contributed by atoms with Crippen molar-refractivity contribution in [2.24, 2.45) is 10.2 Å². The lowest BCUT2D eigenvalue weighted by Crippen LogP contribution is -2.01. The van der Waals surface area contributed by atoms with Crippen LogP contribution >= 0.6 is 0 Å². The van der Waals surface area contributed by atoms with Gasteiger partial charge >= 0.3 is 5.97 Å². The molecular weight excluding hydrogens is 284 g/mol. The Morgan fingerprint density at radius 2 is 1.59 bits per heavy atom. The lowest BCUT2D eigenvalue weighted by atomic mass is 10.1. The van der Waals surface area contributed by atoms with Crippen LogP contribution in [0.2, 0.25) is 0 Å². The van der Waals surface area contributed by atoms with Crippen molar-refractivity contribution in [1.82, 2.24) is 0 Å². The average molecular weight is 296 g/mol. The molecule has 0 bridgehead atoms. The fourth-order valence-corrected chi connectivity index (χ4v) is 1.72. The second-order valence-corrected chi connectivity index (χ2v) is 4.23. The van der Waals surface area contributed by atoms with Gasteiger partial charge in [-0.05, 0) is 12.1 Å². The molecule has 0 aliphatic heterocycles. The summed E-state index contributed by atoms with van der Waals surface area (Å²) in [7, 11) is 0. The Morgan fingerprint density at radius 1 is 0.955 bits per heavy atom. The molecule has 0 unspecified atom stereocenters. The number of aliphatic hydroxyl groups excluding tert-OH is 1. The quantitative estimate of drug-likeness (QED) is 0.380. The molecule has 0 atom stereocenters. The Hall–Kier alpha value is -3.28. The topological polar surface area (TPSA) is 99.3 Å². The number of carbonyl (C=O) groups is 2. The van der Waals surface area contributed by atoms with Gasteiger partial charge in [-0.1, -0.05) is 42.5 Å². The second kappa shape index (κ2) is 6.94. The molecule has 110 valence electrons. The number of hydrogen-bond acceptors (Lipinski definition) is 5. The number of carboxylic acid groups (broad SMARTS) is 1. The van der Waals surface area contributed by atoms with E-state index in [2.05, 4.69) is 10.2 Å². The standard InChI is InChI=1S/C16H12N2O4/c19-10-14(15(20)11-6-2-1-3-7-11)18-17-13-9-5-4-8-12(13)16(21)22/h1-10,19H,(H,21,22). The van der Waals surface area contributed by atoms with E-state index in [0.29, 0.717) is 11.8 Å². The minimum Gasteiger partial charge on any atom is -0.513 e. The van der Waals surface area contributed by atoms with Gasteiger partial charge < -0.3 is 10.2 Å². The summed E-state index contributed by atoms with van der Waals surface area (Å²) in [4.78, 5) is 23.2. The third-order valence-electron chi connectivity index (χ3n) is 2.79. The van der Waals surface area contributed by atoms with Crippen LogP contribution in [-0.4, -0.2) is 22.0 Å². The summed E-state index contributed by atoms with van der Waals surface area (Å²) in [5.74, 6) is -1.67. The number of azo groups is 1. The molecule has 0 saturated carbocycles. The van der Waals surface area contributed by atoms with Crippen molar-refractivity contribution in [3.8, 4) is 0 Å². The summed E-state index contributed by atoms with van der Waals surface area (Å²) in [5, 5.41) is 25.6. The van der Waals surface area contributed by atoms with Crippen molar-refractivity contribution in [3.63, 3.8) is 0 Å². The zero-order valence-corrected chi connectivity index (χ0v) is 11.4. The van der Waals surface area contributed by atoms with Gasteiger partial charge in [0.2, 0.25) is 5.78 Å². The van der Waals surface area contributed by atoms with Gasteiger partial charge in [0.1, 0.15) is 11.9 Å². The van der Waals surface area contributed by atoms with E-state index in [-0.39, 0.29) is 16.9 Å². The minimum absolute atomic E-state index is 0.0456. The summed E-state index contributed by atoms with van der Waals surface area (Å²) in [5.41, 5.74) is 0.102. The summed E-state index contributed by atoms with van der Waals surface area (Å²) in [6.45, 7) is 0. The fraction of sp³-hybridized carbons (Fsp3) is 0. The van der Waals surface area contributed by atoms with Crippen molar-refractivity contribution in [3.05, 3.63) is 77.7 Å². The fourth-order valence-electron chi connectivity index (χ4n) is 1.72. The molecule has 0 amide bonds. The van der Waals surface area contributed by atoms with E-state index in [0.717, 1.165) is 0 Å². The highest BCUT2D eigenvalue weighted by Crippen LogP contribution is 2.20. The predicted molar refractivity (Wildman–Crippen MR) is 79.4 cm³/mol. The number of Topliss-reactive ketones (excluding diaryl/α,β-unsaturated/α-hetero) is 1. The lowest BCUT2D eigenvalue weighted by Gasteiger charge is -2.01. The monoisotopic (exact) mass is 296 g/mol. The van der Waals surface area contributed by atoms with E-state index < -0.39 is 11.8 Å². The molecule has 2 rings (SSSR count). The first-order chi connectivity index (χ1) is 10.6. The molecule has 0 fully saturated rings. The Labute approximate surface area is 126 Å². The Morgan fingerprint density at radius 3 is 2.23 bits per heavy atom. The van der Waals surface area contributed by atoms with Gasteiger partial charge in [0, 0.05) is 5.56 Å². The van der Waals surface area contributed by atoms with Crippen LogP contribution in [0, 0.1) is 0 Å². The van der Waals surface area contributed by atoms with Crippen LogP contribution in [0.4, 0.5) is 5.69 Å². The van der Waals surface area contributed by atoms with Gasteiger partial charge in [-0.3, -0.25) is 4.79 Å². The molecule has 22 heavy (non-hydrogen) atoms. The van der Waals surface area contributed by atoms with Crippen molar-refractivity contribution in [2.45, 2.75) is 0 Å². The molecule has 2 aromatic carbocycles. The zero-order chi connectivity index (χ0) is 15.9. The third-order valence-corrected chi connectivity index (χ3v) is 2.79. The Balaban J connectivity index is 2.28. The number of nitrogens with zero attached hydrogens (tertiary/aromatic N) is 2. The van der Waals surface area contributed by atoms with Gasteiger partial charge in [-0.15, -0.1) is 10.2 Å². The van der Waals surface area contributed by atoms with Crippen molar-refractivity contribution >= 4 is 17.4 Å². The number of carboxylic acids is 1. The largest absolute Gasteiger partial charge is 0.513 e. The maximum atomic E-state index is 12.1. The van der Waals surface area contributed by atoms with E-state index in [1.807, 2.05) is 0 Å². The SMILES string of the molecule is O=C(C(=CO)N=Nc1ccccc1C(=O)O)c1ccccc1. The normalized spacial score (nSPS) is 11.5. The molecule has 0 radical (unpaired) electrons. The number of rotatable bonds is 5. The summed E-state index contributed by atoms with van der Waals surface area (Å²) >= 11 is 0. The summed E-state index contributed by atoms with van der Waals surface area (Å²) < 4.78 is 0. The van der Waals surface area contributed by atoms with Gasteiger partial charge in [-0.2, -0.15) is 0 Å². The van der Waals surface area contributed by atoms with Crippen LogP contribution < -0.4 is 0 Å². The molecule has 0 aliphatic rings. The molecular formula is C16H12N2O4. The highest BCUT2D eigenvalue weighted by Gasteiger charge is 2.13.